The van der Waals surface area contributed by atoms with E-state index in [1.807, 2.05) is 0 Å². The van der Waals surface area contributed by atoms with E-state index in [4.69, 9.17) is 18.9 Å². The van der Waals surface area contributed by atoms with Crippen molar-refractivity contribution in [1.82, 2.24) is 0 Å². The molecule has 0 aromatic rings. The van der Waals surface area contributed by atoms with E-state index in [0.29, 0.717) is 13.0 Å². The fourth-order valence-electron chi connectivity index (χ4n) is 8.11. The van der Waals surface area contributed by atoms with Gasteiger partial charge in [-0.25, -0.2) is 0 Å². The normalized spacial score (nSPS) is 19.9. The van der Waals surface area contributed by atoms with Crippen molar-refractivity contribution >= 4 is 5.97 Å². The first kappa shape index (κ1) is 59.4. The van der Waals surface area contributed by atoms with Crippen LogP contribution >= 0.6 is 0 Å². The monoisotopic (exact) mass is 893 g/mol. The molecule has 63 heavy (non-hydrogen) atoms. The molecular weight excluding hydrogens is 793 g/mol. The molecule has 1 heterocycles. The third-order valence-electron chi connectivity index (χ3n) is 12.3. The quantitative estimate of drug-likeness (QED) is 0.0268. The van der Waals surface area contributed by atoms with E-state index in [1.165, 1.54) is 180 Å². The Morgan fingerprint density at radius 2 is 0.921 bits per heavy atom. The van der Waals surface area contributed by atoms with Crippen molar-refractivity contribution in [2.24, 2.45) is 0 Å². The van der Waals surface area contributed by atoms with Crippen LogP contribution in [-0.4, -0.2) is 89.6 Å². The summed E-state index contributed by atoms with van der Waals surface area (Å²) in [7, 11) is 0. The van der Waals surface area contributed by atoms with E-state index in [0.717, 1.165) is 38.5 Å². The van der Waals surface area contributed by atoms with Crippen LogP contribution in [0.5, 0.6) is 0 Å². The molecule has 0 spiro atoms. The lowest BCUT2D eigenvalue weighted by Gasteiger charge is -2.39. The molecule has 0 aromatic heterocycles. The number of hydrogen-bond donors (Lipinski definition) is 4. The molecule has 0 aliphatic carbocycles. The molecule has 9 nitrogen and oxygen atoms in total. The first-order chi connectivity index (χ1) is 30.9. The number of aliphatic hydroxyl groups is 4. The van der Waals surface area contributed by atoms with Crippen LogP contribution in [0.4, 0.5) is 0 Å². The summed E-state index contributed by atoms with van der Waals surface area (Å²) >= 11 is 0. The van der Waals surface area contributed by atoms with Crippen molar-refractivity contribution in [1.29, 1.82) is 0 Å². The fraction of sp³-hybridized carbons (Fsp3) is 0.870. The Labute approximate surface area is 387 Å². The van der Waals surface area contributed by atoms with Crippen LogP contribution in [0.15, 0.2) is 36.5 Å². The Morgan fingerprint density at radius 1 is 0.508 bits per heavy atom. The van der Waals surface area contributed by atoms with Crippen LogP contribution in [0.25, 0.3) is 0 Å². The average molecular weight is 893 g/mol. The molecule has 0 amide bonds. The van der Waals surface area contributed by atoms with Gasteiger partial charge in [0.05, 0.1) is 19.8 Å². The predicted octanol–water partition coefficient (Wildman–Crippen LogP) is 13.1. The zero-order valence-corrected chi connectivity index (χ0v) is 40.8. The number of ether oxygens (including phenoxy) is 4. The van der Waals surface area contributed by atoms with Crippen molar-refractivity contribution in [2.45, 2.75) is 275 Å². The van der Waals surface area contributed by atoms with Crippen molar-refractivity contribution in [2.75, 3.05) is 26.4 Å². The molecule has 1 aliphatic rings. The van der Waals surface area contributed by atoms with E-state index in [2.05, 4.69) is 50.3 Å². The second-order valence-corrected chi connectivity index (χ2v) is 18.3. The number of carbonyl (C=O) groups excluding carboxylic acids is 1. The number of aliphatic hydroxyl groups excluding tert-OH is 4. The molecule has 1 aliphatic heterocycles. The molecule has 0 aromatic carbocycles. The summed E-state index contributed by atoms with van der Waals surface area (Å²) in [6.07, 6.45) is 48.9. The van der Waals surface area contributed by atoms with Crippen LogP contribution in [0.2, 0.25) is 0 Å². The van der Waals surface area contributed by atoms with Gasteiger partial charge in [0.25, 0.3) is 0 Å². The van der Waals surface area contributed by atoms with E-state index in [9.17, 15) is 25.2 Å². The van der Waals surface area contributed by atoms with Crippen LogP contribution in [-0.2, 0) is 23.7 Å². The molecule has 370 valence electrons. The van der Waals surface area contributed by atoms with Gasteiger partial charge in [-0.15, -0.1) is 0 Å². The van der Waals surface area contributed by atoms with Gasteiger partial charge in [-0.2, -0.15) is 0 Å². The summed E-state index contributed by atoms with van der Waals surface area (Å²) in [6, 6.07) is 0. The van der Waals surface area contributed by atoms with Crippen LogP contribution in [0.3, 0.4) is 0 Å². The second-order valence-electron chi connectivity index (χ2n) is 18.3. The summed E-state index contributed by atoms with van der Waals surface area (Å²) in [5, 5.41) is 40.3. The summed E-state index contributed by atoms with van der Waals surface area (Å²) < 4.78 is 22.9. The lowest BCUT2D eigenvalue weighted by molar-refractivity contribution is -0.305. The summed E-state index contributed by atoms with van der Waals surface area (Å²) in [6.45, 7) is 4.57. The maximum atomic E-state index is 12.8. The van der Waals surface area contributed by atoms with Crippen molar-refractivity contribution in [3.8, 4) is 0 Å². The molecule has 6 atom stereocenters. The Bertz CT molecular complexity index is 1060. The number of hydrogen-bond acceptors (Lipinski definition) is 9. The van der Waals surface area contributed by atoms with Gasteiger partial charge in [-0.1, -0.05) is 198 Å². The smallest absolute Gasteiger partial charge is 0.306 e. The molecule has 4 N–H and O–H groups in total. The SMILES string of the molecule is CCCCCCC/C=C\C/C=C\CCCCCCCCCCCCOCC(COC1OC(CO)C(O)C(O)C1O)OC(=O)CCCCCCCCC/C=C\CCCCCCCCC. The van der Waals surface area contributed by atoms with Gasteiger partial charge < -0.3 is 39.4 Å². The lowest BCUT2D eigenvalue weighted by Crippen LogP contribution is -2.59. The van der Waals surface area contributed by atoms with Gasteiger partial charge in [0, 0.05) is 13.0 Å². The highest BCUT2D eigenvalue weighted by molar-refractivity contribution is 5.69. The number of carbonyl (C=O) groups is 1. The highest BCUT2D eigenvalue weighted by atomic mass is 16.7. The van der Waals surface area contributed by atoms with E-state index >= 15 is 0 Å². The predicted molar refractivity (Wildman–Crippen MR) is 261 cm³/mol. The fourth-order valence-corrected chi connectivity index (χ4v) is 8.11. The standard InChI is InChI=1S/C54H100O9/c1-3-5-7-9-11-13-15-17-19-21-23-24-25-26-28-30-32-34-36-38-40-42-44-60-46-48(47-61-54-53(59)52(58)51(57)49(45-55)63-54)62-50(56)43-41-39-37-35-33-31-29-27-22-20-18-16-14-12-10-8-6-4-2/h15,17,20-23,48-49,51-55,57-59H,3-14,16,18-19,24-47H2,1-2H3/b17-15-,22-20-,23-21-. The van der Waals surface area contributed by atoms with Crippen LogP contribution in [0, 0.1) is 0 Å². The number of esters is 1. The van der Waals surface area contributed by atoms with Crippen LogP contribution < -0.4 is 0 Å². The molecule has 1 rings (SSSR count). The van der Waals surface area contributed by atoms with E-state index in [1.54, 1.807) is 0 Å². The molecule has 6 unspecified atom stereocenters. The topological polar surface area (TPSA) is 135 Å². The van der Waals surface area contributed by atoms with Crippen molar-refractivity contribution in [3.05, 3.63) is 36.5 Å². The third-order valence-corrected chi connectivity index (χ3v) is 12.3. The number of rotatable bonds is 46. The zero-order valence-electron chi connectivity index (χ0n) is 40.8. The zero-order chi connectivity index (χ0) is 45.7. The summed E-state index contributed by atoms with van der Waals surface area (Å²) in [5.41, 5.74) is 0. The Kier molecular flexibility index (Phi) is 43.0. The molecule has 1 fully saturated rings. The number of allylic oxidation sites excluding steroid dienone is 6. The molecule has 0 saturated carbocycles. The maximum absolute atomic E-state index is 12.8. The lowest BCUT2D eigenvalue weighted by atomic mass is 9.99. The minimum atomic E-state index is -1.54. The minimum absolute atomic E-state index is 0.115. The first-order valence-electron chi connectivity index (χ1n) is 26.6. The van der Waals surface area contributed by atoms with Gasteiger partial charge in [-0.3, -0.25) is 4.79 Å². The maximum Gasteiger partial charge on any atom is 0.306 e. The molecular formula is C54H100O9. The first-order valence-corrected chi connectivity index (χ1v) is 26.6. The van der Waals surface area contributed by atoms with Gasteiger partial charge in [-0.05, 0) is 70.6 Å². The van der Waals surface area contributed by atoms with Crippen molar-refractivity contribution < 1.29 is 44.2 Å². The van der Waals surface area contributed by atoms with Gasteiger partial charge in [0.1, 0.15) is 30.5 Å². The minimum Gasteiger partial charge on any atom is -0.457 e. The van der Waals surface area contributed by atoms with E-state index in [-0.39, 0.29) is 19.2 Å². The molecule has 0 bridgehead atoms. The summed E-state index contributed by atoms with van der Waals surface area (Å²) in [4.78, 5) is 12.8. The average Bonchev–Trinajstić information content (AvgIpc) is 3.28. The third kappa shape index (κ3) is 36.2. The second kappa shape index (κ2) is 45.6. The van der Waals surface area contributed by atoms with E-state index < -0.39 is 43.4 Å². The highest BCUT2D eigenvalue weighted by Gasteiger charge is 2.44. The van der Waals surface area contributed by atoms with Crippen molar-refractivity contribution in [3.63, 3.8) is 0 Å². The molecule has 1 saturated heterocycles. The van der Waals surface area contributed by atoms with Gasteiger partial charge >= 0.3 is 5.97 Å². The Balaban J connectivity index is 2.19. The number of unbranched alkanes of at least 4 members (excludes halogenated alkanes) is 29. The molecule has 0 radical (unpaired) electrons. The largest absolute Gasteiger partial charge is 0.457 e. The van der Waals surface area contributed by atoms with Crippen LogP contribution in [0.1, 0.15) is 239 Å². The van der Waals surface area contributed by atoms with Gasteiger partial charge in [0.2, 0.25) is 0 Å². The Morgan fingerprint density at radius 3 is 1.38 bits per heavy atom. The highest BCUT2D eigenvalue weighted by Crippen LogP contribution is 2.23. The Hall–Kier alpha value is -1.59. The van der Waals surface area contributed by atoms with Gasteiger partial charge in [0.15, 0.2) is 6.29 Å². The summed E-state index contributed by atoms with van der Waals surface area (Å²) in [5.74, 6) is -0.317. The molecule has 9 heteroatoms.